The molecule has 1 N–H and O–H groups in total. The molecule has 0 radical (unpaired) electrons. The van der Waals surface area contributed by atoms with Crippen molar-refractivity contribution < 1.29 is 17.2 Å². The number of hydrogen-bond acceptors (Lipinski definition) is 3. The quantitative estimate of drug-likeness (QED) is 0.875. The van der Waals surface area contributed by atoms with Crippen LogP contribution in [0.1, 0.15) is 6.92 Å². The fourth-order valence-corrected chi connectivity index (χ4v) is 3.61. The summed E-state index contributed by atoms with van der Waals surface area (Å²) in [5, 5.41) is 3.07. The minimum atomic E-state index is -4.11. The van der Waals surface area contributed by atoms with Crippen molar-refractivity contribution in [2.45, 2.75) is 17.9 Å². The monoisotopic (exact) mass is 276 g/mol. The summed E-state index contributed by atoms with van der Waals surface area (Å²) in [7, 11) is -4.11. The molecule has 2 rings (SSSR count). The Labute approximate surface area is 105 Å². The summed E-state index contributed by atoms with van der Waals surface area (Å²) >= 11 is 0. The van der Waals surface area contributed by atoms with Gasteiger partial charge in [0.25, 0.3) is 0 Å². The van der Waals surface area contributed by atoms with Gasteiger partial charge in [-0.05, 0) is 19.1 Å². The zero-order valence-electron chi connectivity index (χ0n) is 9.86. The lowest BCUT2D eigenvalue weighted by molar-refractivity contribution is 0.307. The Morgan fingerprint density at radius 1 is 1.33 bits per heavy atom. The van der Waals surface area contributed by atoms with E-state index in [2.05, 4.69) is 5.32 Å². The predicted molar refractivity (Wildman–Crippen MR) is 62.6 cm³/mol. The summed E-state index contributed by atoms with van der Waals surface area (Å²) in [5.74, 6) is -2.11. The molecule has 1 aliphatic heterocycles. The first kappa shape index (κ1) is 13.4. The Hall–Kier alpha value is -1.05. The molecule has 0 spiro atoms. The molecular formula is C11H14F2N2O2S. The zero-order chi connectivity index (χ0) is 13.3. The molecule has 0 saturated carbocycles. The second-order valence-corrected chi connectivity index (χ2v) is 6.14. The van der Waals surface area contributed by atoms with E-state index in [0.717, 1.165) is 22.5 Å². The Morgan fingerprint density at radius 3 is 2.50 bits per heavy atom. The maximum absolute atomic E-state index is 13.5. The molecule has 0 aliphatic carbocycles. The Kier molecular flexibility index (Phi) is 3.65. The fraction of sp³-hybridized carbons (Fsp3) is 0.455. The summed E-state index contributed by atoms with van der Waals surface area (Å²) in [6.45, 7) is 2.70. The van der Waals surface area contributed by atoms with Gasteiger partial charge in [0, 0.05) is 25.7 Å². The number of nitrogens with one attached hydrogen (secondary N) is 1. The molecule has 0 bridgehead atoms. The third-order valence-corrected chi connectivity index (χ3v) is 4.77. The van der Waals surface area contributed by atoms with Crippen LogP contribution in [-0.4, -0.2) is 38.4 Å². The van der Waals surface area contributed by atoms with Gasteiger partial charge in [-0.1, -0.05) is 6.07 Å². The van der Waals surface area contributed by atoms with Gasteiger partial charge in [0.2, 0.25) is 10.0 Å². The van der Waals surface area contributed by atoms with Crippen molar-refractivity contribution in [2.24, 2.45) is 0 Å². The number of piperazine rings is 1. The first-order chi connectivity index (χ1) is 8.43. The standard InChI is InChI=1S/C11H14F2N2O2S/c1-8-7-15(6-5-14-8)18(16,17)11-9(12)3-2-4-10(11)13/h2-4,8,14H,5-7H2,1H3. The van der Waals surface area contributed by atoms with E-state index in [4.69, 9.17) is 0 Å². The lowest BCUT2D eigenvalue weighted by Crippen LogP contribution is -2.51. The molecule has 100 valence electrons. The van der Waals surface area contributed by atoms with Crippen LogP contribution >= 0.6 is 0 Å². The van der Waals surface area contributed by atoms with Crippen LogP contribution in [0.3, 0.4) is 0 Å². The van der Waals surface area contributed by atoms with Crippen molar-refractivity contribution in [3.05, 3.63) is 29.8 Å². The van der Waals surface area contributed by atoms with Crippen LogP contribution in [0.25, 0.3) is 0 Å². The van der Waals surface area contributed by atoms with E-state index in [1.54, 1.807) is 0 Å². The Bertz CT molecular complexity index is 528. The zero-order valence-corrected chi connectivity index (χ0v) is 10.7. The minimum Gasteiger partial charge on any atom is -0.312 e. The van der Waals surface area contributed by atoms with Crippen LogP contribution in [0.15, 0.2) is 23.1 Å². The Morgan fingerprint density at radius 2 is 1.94 bits per heavy atom. The fourth-order valence-electron chi connectivity index (χ4n) is 1.97. The first-order valence-electron chi connectivity index (χ1n) is 5.60. The Balaban J connectivity index is 2.42. The molecule has 1 aliphatic rings. The maximum atomic E-state index is 13.5. The number of halogens is 2. The summed E-state index contributed by atoms with van der Waals surface area (Å²) < 4.78 is 52.6. The lowest BCUT2D eigenvalue weighted by Gasteiger charge is -2.31. The summed E-state index contributed by atoms with van der Waals surface area (Å²) in [5.41, 5.74) is 0. The van der Waals surface area contributed by atoms with E-state index in [-0.39, 0.29) is 19.1 Å². The van der Waals surface area contributed by atoms with Gasteiger partial charge in [-0.15, -0.1) is 0 Å². The second-order valence-electron chi connectivity index (χ2n) is 4.27. The highest BCUT2D eigenvalue weighted by Crippen LogP contribution is 2.23. The van der Waals surface area contributed by atoms with Crippen LogP contribution in [-0.2, 0) is 10.0 Å². The van der Waals surface area contributed by atoms with Crippen LogP contribution in [0, 0.1) is 11.6 Å². The van der Waals surface area contributed by atoms with Crippen molar-refractivity contribution in [1.29, 1.82) is 0 Å². The number of nitrogens with zero attached hydrogens (tertiary/aromatic N) is 1. The van der Waals surface area contributed by atoms with Gasteiger partial charge in [-0.2, -0.15) is 4.31 Å². The molecule has 1 unspecified atom stereocenters. The predicted octanol–water partition coefficient (Wildman–Crippen LogP) is 0.947. The average Bonchev–Trinajstić information content (AvgIpc) is 2.28. The molecule has 1 saturated heterocycles. The van der Waals surface area contributed by atoms with Crippen LogP contribution < -0.4 is 5.32 Å². The molecule has 4 nitrogen and oxygen atoms in total. The van der Waals surface area contributed by atoms with Gasteiger partial charge in [0.1, 0.15) is 11.6 Å². The summed E-state index contributed by atoms with van der Waals surface area (Å²) in [6.07, 6.45) is 0. The van der Waals surface area contributed by atoms with Crippen molar-refractivity contribution in [3.8, 4) is 0 Å². The van der Waals surface area contributed by atoms with Crippen molar-refractivity contribution in [3.63, 3.8) is 0 Å². The lowest BCUT2D eigenvalue weighted by atomic mass is 10.3. The molecule has 1 aromatic carbocycles. The van der Waals surface area contributed by atoms with Gasteiger partial charge < -0.3 is 5.32 Å². The topological polar surface area (TPSA) is 49.4 Å². The third kappa shape index (κ3) is 2.38. The molecule has 1 heterocycles. The maximum Gasteiger partial charge on any atom is 0.249 e. The summed E-state index contributed by atoms with van der Waals surface area (Å²) in [6, 6.07) is 3.00. The largest absolute Gasteiger partial charge is 0.312 e. The minimum absolute atomic E-state index is 0.0386. The highest BCUT2D eigenvalue weighted by atomic mass is 32.2. The van der Waals surface area contributed by atoms with E-state index in [1.807, 2.05) is 6.92 Å². The van der Waals surface area contributed by atoms with Gasteiger partial charge >= 0.3 is 0 Å². The van der Waals surface area contributed by atoms with Gasteiger partial charge in [-0.25, -0.2) is 17.2 Å². The second kappa shape index (κ2) is 4.91. The van der Waals surface area contributed by atoms with E-state index in [9.17, 15) is 17.2 Å². The molecule has 7 heteroatoms. The highest BCUT2D eigenvalue weighted by Gasteiger charge is 2.32. The van der Waals surface area contributed by atoms with Crippen molar-refractivity contribution >= 4 is 10.0 Å². The molecule has 18 heavy (non-hydrogen) atoms. The molecule has 1 atom stereocenters. The molecular weight excluding hydrogens is 262 g/mol. The average molecular weight is 276 g/mol. The number of benzene rings is 1. The normalized spacial score (nSPS) is 22.1. The number of hydrogen-bond donors (Lipinski definition) is 1. The highest BCUT2D eigenvalue weighted by molar-refractivity contribution is 7.89. The smallest absolute Gasteiger partial charge is 0.249 e. The van der Waals surface area contributed by atoms with Gasteiger partial charge in [0.15, 0.2) is 4.90 Å². The first-order valence-corrected chi connectivity index (χ1v) is 7.04. The van der Waals surface area contributed by atoms with Crippen LogP contribution in [0.5, 0.6) is 0 Å². The SMILES string of the molecule is CC1CN(S(=O)(=O)c2c(F)cccc2F)CCN1. The van der Waals surface area contributed by atoms with Crippen molar-refractivity contribution in [2.75, 3.05) is 19.6 Å². The molecule has 1 fully saturated rings. The van der Waals surface area contributed by atoms with E-state index in [0.29, 0.717) is 6.54 Å². The third-order valence-electron chi connectivity index (χ3n) is 2.85. The number of rotatable bonds is 2. The van der Waals surface area contributed by atoms with E-state index < -0.39 is 26.6 Å². The molecule has 1 aromatic rings. The van der Waals surface area contributed by atoms with E-state index in [1.165, 1.54) is 0 Å². The summed E-state index contributed by atoms with van der Waals surface area (Å²) in [4.78, 5) is -0.862. The molecule has 0 aromatic heterocycles. The van der Waals surface area contributed by atoms with Gasteiger partial charge in [-0.3, -0.25) is 0 Å². The van der Waals surface area contributed by atoms with Gasteiger partial charge in [0.05, 0.1) is 0 Å². The molecule has 0 amide bonds. The number of sulfonamides is 1. The van der Waals surface area contributed by atoms with E-state index >= 15 is 0 Å². The van der Waals surface area contributed by atoms with Crippen LogP contribution in [0.4, 0.5) is 8.78 Å². The van der Waals surface area contributed by atoms with Crippen LogP contribution in [0.2, 0.25) is 0 Å². The van der Waals surface area contributed by atoms with Crippen molar-refractivity contribution in [1.82, 2.24) is 9.62 Å².